The average molecular weight is 314 g/mol. The molecule has 2 aromatic rings. The Morgan fingerprint density at radius 2 is 1.70 bits per heavy atom. The lowest BCUT2D eigenvalue weighted by atomic mass is 10.0. The molecule has 0 aliphatic heterocycles. The van der Waals surface area contributed by atoms with E-state index in [9.17, 15) is 9.18 Å². The van der Waals surface area contributed by atoms with Gasteiger partial charge in [0.15, 0.2) is 0 Å². The van der Waals surface area contributed by atoms with E-state index in [-0.39, 0.29) is 23.8 Å². The van der Waals surface area contributed by atoms with Gasteiger partial charge in [0.25, 0.3) is 0 Å². The summed E-state index contributed by atoms with van der Waals surface area (Å²) in [5, 5.41) is 6.14. The highest BCUT2D eigenvalue weighted by Crippen LogP contribution is 2.18. The van der Waals surface area contributed by atoms with Crippen molar-refractivity contribution >= 4 is 11.6 Å². The van der Waals surface area contributed by atoms with Gasteiger partial charge >= 0.3 is 0 Å². The van der Waals surface area contributed by atoms with Gasteiger partial charge in [-0.3, -0.25) is 10.1 Å². The van der Waals surface area contributed by atoms with Crippen molar-refractivity contribution in [3.63, 3.8) is 0 Å². The molecule has 0 aliphatic carbocycles. The molecule has 0 saturated carbocycles. The fourth-order valence-corrected chi connectivity index (χ4v) is 2.41. The number of benzene rings is 2. The number of hydrogen-bond acceptors (Lipinski definition) is 2. The summed E-state index contributed by atoms with van der Waals surface area (Å²) in [6.07, 6.45) is 0.886. The number of carbonyl (C=O) groups is 1. The second-order valence-electron chi connectivity index (χ2n) is 5.76. The average Bonchev–Trinajstić information content (AvgIpc) is 2.55. The third-order valence-corrected chi connectivity index (χ3v) is 3.84. The molecule has 4 heteroatoms. The van der Waals surface area contributed by atoms with Gasteiger partial charge in [-0.05, 0) is 50.1 Å². The standard InChI is InChI=1S/C19H23FN2O/c1-4-18(15-7-5-13(2)6-8-15)21-14(3)19(23)22-17-11-9-16(20)10-12-17/h5-12,14,18,21H,4H2,1-3H3,(H,22,23)/t14-,18+/m1/s1. The van der Waals surface area contributed by atoms with Crippen LogP contribution in [0.5, 0.6) is 0 Å². The van der Waals surface area contributed by atoms with Crippen molar-refractivity contribution in [2.45, 2.75) is 39.3 Å². The minimum atomic E-state index is -0.355. The number of halogens is 1. The summed E-state index contributed by atoms with van der Waals surface area (Å²) in [7, 11) is 0. The predicted octanol–water partition coefficient (Wildman–Crippen LogP) is 4.20. The van der Waals surface area contributed by atoms with E-state index in [1.54, 1.807) is 12.1 Å². The summed E-state index contributed by atoms with van der Waals surface area (Å²) in [4.78, 5) is 12.3. The van der Waals surface area contributed by atoms with E-state index in [0.717, 1.165) is 6.42 Å². The number of nitrogens with one attached hydrogen (secondary N) is 2. The van der Waals surface area contributed by atoms with Crippen LogP contribution < -0.4 is 10.6 Å². The minimum Gasteiger partial charge on any atom is -0.325 e. The van der Waals surface area contributed by atoms with E-state index in [4.69, 9.17) is 0 Å². The highest BCUT2D eigenvalue weighted by Gasteiger charge is 2.18. The molecule has 3 nitrogen and oxygen atoms in total. The molecule has 0 unspecified atom stereocenters. The molecule has 0 bridgehead atoms. The van der Waals surface area contributed by atoms with Gasteiger partial charge in [-0.15, -0.1) is 0 Å². The summed E-state index contributed by atoms with van der Waals surface area (Å²) in [5.41, 5.74) is 2.97. The number of carbonyl (C=O) groups excluding carboxylic acids is 1. The zero-order chi connectivity index (χ0) is 16.8. The molecule has 0 aromatic heterocycles. The van der Waals surface area contributed by atoms with Gasteiger partial charge in [0.05, 0.1) is 6.04 Å². The van der Waals surface area contributed by atoms with Crippen molar-refractivity contribution in [1.29, 1.82) is 0 Å². The highest BCUT2D eigenvalue weighted by molar-refractivity contribution is 5.94. The molecule has 0 fully saturated rings. The van der Waals surface area contributed by atoms with Gasteiger partial charge in [0, 0.05) is 11.7 Å². The van der Waals surface area contributed by atoms with Crippen molar-refractivity contribution < 1.29 is 9.18 Å². The third kappa shape index (κ3) is 4.89. The van der Waals surface area contributed by atoms with Gasteiger partial charge in [-0.25, -0.2) is 4.39 Å². The lowest BCUT2D eigenvalue weighted by Gasteiger charge is -2.22. The molecular weight excluding hydrogens is 291 g/mol. The summed E-state index contributed by atoms with van der Waals surface area (Å²) < 4.78 is 12.9. The van der Waals surface area contributed by atoms with E-state index in [1.807, 2.05) is 6.92 Å². The number of anilines is 1. The zero-order valence-corrected chi connectivity index (χ0v) is 13.8. The van der Waals surface area contributed by atoms with Crippen molar-refractivity contribution in [3.8, 4) is 0 Å². The van der Waals surface area contributed by atoms with E-state index >= 15 is 0 Å². The number of hydrogen-bond donors (Lipinski definition) is 2. The van der Waals surface area contributed by atoms with Gasteiger partial charge < -0.3 is 5.32 Å². The molecule has 0 heterocycles. The number of amides is 1. The van der Waals surface area contributed by atoms with E-state index in [1.165, 1.54) is 23.3 Å². The van der Waals surface area contributed by atoms with E-state index in [2.05, 4.69) is 48.7 Å². The summed E-state index contributed by atoms with van der Waals surface area (Å²) in [5.74, 6) is -0.457. The molecule has 2 rings (SSSR count). The van der Waals surface area contributed by atoms with E-state index in [0.29, 0.717) is 5.69 Å². The lowest BCUT2D eigenvalue weighted by Crippen LogP contribution is -2.40. The summed E-state index contributed by atoms with van der Waals surface area (Å²) >= 11 is 0. The SMILES string of the molecule is CC[C@H](N[C@H](C)C(=O)Nc1ccc(F)cc1)c1ccc(C)cc1. The van der Waals surface area contributed by atoms with Crippen LogP contribution in [0.2, 0.25) is 0 Å². The first kappa shape index (κ1) is 17.2. The van der Waals surface area contributed by atoms with Crippen molar-refractivity contribution in [2.24, 2.45) is 0 Å². The monoisotopic (exact) mass is 314 g/mol. The van der Waals surface area contributed by atoms with Gasteiger partial charge in [0.2, 0.25) is 5.91 Å². The normalized spacial score (nSPS) is 13.4. The van der Waals surface area contributed by atoms with Crippen LogP contribution in [0.4, 0.5) is 10.1 Å². The maximum Gasteiger partial charge on any atom is 0.241 e. The van der Waals surface area contributed by atoms with Crippen LogP contribution in [0.25, 0.3) is 0 Å². The highest BCUT2D eigenvalue weighted by atomic mass is 19.1. The Morgan fingerprint density at radius 3 is 2.26 bits per heavy atom. The first-order valence-corrected chi connectivity index (χ1v) is 7.88. The quantitative estimate of drug-likeness (QED) is 0.839. The van der Waals surface area contributed by atoms with Crippen LogP contribution in [-0.2, 0) is 4.79 Å². The first-order chi connectivity index (χ1) is 11.0. The fraction of sp³-hybridized carbons (Fsp3) is 0.316. The van der Waals surface area contributed by atoms with Crippen LogP contribution in [0, 0.1) is 12.7 Å². The Morgan fingerprint density at radius 1 is 1.09 bits per heavy atom. The lowest BCUT2D eigenvalue weighted by molar-refractivity contribution is -0.118. The van der Waals surface area contributed by atoms with Gasteiger partial charge in [-0.1, -0.05) is 36.8 Å². The zero-order valence-electron chi connectivity index (χ0n) is 13.8. The first-order valence-electron chi connectivity index (χ1n) is 7.88. The van der Waals surface area contributed by atoms with Crippen LogP contribution in [-0.4, -0.2) is 11.9 Å². The summed E-state index contributed by atoms with van der Waals surface area (Å²) in [6, 6.07) is 13.8. The Kier molecular flexibility index (Phi) is 5.88. The Labute approximate surface area is 136 Å². The van der Waals surface area contributed by atoms with Crippen molar-refractivity contribution in [2.75, 3.05) is 5.32 Å². The van der Waals surface area contributed by atoms with Crippen LogP contribution in [0.1, 0.15) is 37.4 Å². The second-order valence-corrected chi connectivity index (χ2v) is 5.76. The fourth-order valence-electron chi connectivity index (χ4n) is 2.41. The van der Waals surface area contributed by atoms with Crippen LogP contribution >= 0.6 is 0 Å². The number of aryl methyl sites for hydroxylation is 1. The van der Waals surface area contributed by atoms with Gasteiger partial charge in [0.1, 0.15) is 5.82 Å². The van der Waals surface area contributed by atoms with E-state index < -0.39 is 0 Å². The molecular formula is C19H23FN2O. The Balaban J connectivity index is 1.98. The van der Waals surface area contributed by atoms with Crippen molar-refractivity contribution in [3.05, 3.63) is 65.5 Å². The molecule has 1 amide bonds. The molecule has 2 atom stereocenters. The van der Waals surface area contributed by atoms with Crippen LogP contribution in [0.3, 0.4) is 0 Å². The molecule has 2 aromatic carbocycles. The maximum absolute atomic E-state index is 12.9. The van der Waals surface area contributed by atoms with Crippen molar-refractivity contribution in [1.82, 2.24) is 5.32 Å². The molecule has 23 heavy (non-hydrogen) atoms. The number of rotatable bonds is 6. The summed E-state index contributed by atoms with van der Waals surface area (Å²) in [6.45, 7) is 5.97. The predicted molar refractivity (Wildman–Crippen MR) is 91.8 cm³/mol. The molecule has 0 radical (unpaired) electrons. The third-order valence-electron chi connectivity index (χ3n) is 3.84. The Bertz CT molecular complexity index is 637. The molecule has 0 aliphatic rings. The second kappa shape index (κ2) is 7.88. The minimum absolute atomic E-state index is 0.115. The molecule has 2 N–H and O–H groups in total. The smallest absolute Gasteiger partial charge is 0.241 e. The molecule has 122 valence electrons. The Hall–Kier alpha value is -2.20. The largest absolute Gasteiger partial charge is 0.325 e. The molecule has 0 spiro atoms. The topological polar surface area (TPSA) is 41.1 Å². The van der Waals surface area contributed by atoms with Gasteiger partial charge in [-0.2, -0.15) is 0 Å². The molecule has 0 saturated heterocycles. The van der Waals surface area contributed by atoms with Crippen LogP contribution in [0.15, 0.2) is 48.5 Å². The maximum atomic E-state index is 12.9.